The van der Waals surface area contributed by atoms with E-state index in [-0.39, 0.29) is 5.41 Å². The van der Waals surface area contributed by atoms with Crippen LogP contribution in [-0.4, -0.2) is 0 Å². The molecule has 14 rings (SSSR count). The van der Waals surface area contributed by atoms with Crippen molar-refractivity contribution in [2.75, 3.05) is 4.90 Å². The van der Waals surface area contributed by atoms with Crippen LogP contribution in [0.2, 0.25) is 0 Å². The van der Waals surface area contributed by atoms with Gasteiger partial charge in [0.2, 0.25) is 0 Å². The van der Waals surface area contributed by atoms with Gasteiger partial charge in [-0.05, 0) is 125 Å². The lowest BCUT2D eigenvalue weighted by atomic mass is 9.70. The van der Waals surface area contributed by atoms with E-state index in [4.69, 9.17) is 4.42 Å². The van der Waals surface area contributed by atoms with Gasteiger partial charge in [0.15, 0.2) is 5.58 Å². The van der Waals surface area contributed by atoms with Gasteiger partial charge in [0.25, 0.3) is 0 Å². The van der Waals surface area contributed by atoms with Crippen molar-refractivity contribution in [3.05, 3.63) is 258 Å². The summed E-state index contributed by atoms with van der Waals surface area (Å²) in [7, 11) is 0. The number of anilines is 3. The van der Waals surface area contributed by atoms with Crippen molar-refractivity contribution in [2.45, 2.75) is 24.7 Å². The molecule has 0 N–H and O–H groups in total. The van der Waals surface area contributed by atoms with Crippen LogP contribution >= 0.6 is 0 Å². The lowest BCUT2D eigenvalue weighted by Gasteiger charge is -2.32. The summed E-state index contributed by atoms with van der Waals surface area (Å²) in [5, 5.41) is 2.22. The molecule has 0 aliphatic heterocycles. The van der Waals surface area contributed by atoms with Gasteiger partial charge in [0, 0.05) is 27.6 Å². The van der Waals surface area contributed by atoms with Crippen LogP contribution in [0.25, 0.3) is 77.6 Å². The van der Waals surface area contributed by atoms with Crippen LogP contribution in [0.3, 0.4) is 0 Å². The van der Waals surface area contributed by atoms with Gasteiger partial charge < -0.3 is 9.32 Å². The minimum absolute atomic E-state index is 0.107. The Hall–Kier alpha value is -8.20. The van der Waals surface area contributed by atoms with E-state index in [1.165, 1.54) is 89.0 Å². The Morgan fingerprint density at radius 2 is 0.864 bits per heavy atom. The molecular formula is C64H43NO. The summed E-state index contributed by atoms with van der Waals surface area (Å²) in [4.78, 5) is 2.41. The van der Waals surface area contributed by atoms with Crippen LogP contribution in [0.4, 0.5) is 17.1 Å². The fourth-order valence-corrected chi connectivity index (χ4v) is 12.2. The quantitative estimate of drug-likeness (QED) is 0.172. The molecule has 66 heavy (non-hydrogen) atoms. The van der Waals surface area contributed by atoms with Crippen molar-refractivity contribution >= 4 is 39.0 Å². The SMILES string of the molecule is CC1(C)c2ccccc2-c2c1ccc1c2-c2ccccc2C12c1ccccc1-c1ccc(N(c3ccc(-c4ccc(-c5ccccc5)cc4)cc3)c3cccc4c3oc3ccccc34)cc12. The highest BCUT2D eigenvalue weighted by Crippen LogP contribution is 2.66. The molecule has 1 atom stereocenters. The van der Waals surface area contributed by atoms with Gasteiger partial charge in [-0.3, -0.25) is 0 Å². The standard InChI is InChI=1S/C64H43NO/c1-63(2)52-22-10-7-19-50(52)60-55(63)37-38-56-61(60)51-20-8-12-24-54(51)64(56)53-23-11-6-17-46(53)47-36-35-45(39-57(47)64)65(58-25-14-21-49-48-18-9-13-26-59(48)66-62(49)58)44-33-31-43(32-34-44)42-29-27-41(28-30-42)40-15-4-3-5-16-40/h3-39H,1-2H3. The maximum absolute atomic E-state index is 6.82. The van der Waals surface area contributed by atoms with Gasteiger partial charge in [-0.2, -0.15) is 0 Å². The van der Waals surface area contributed by atoms with E-state index in [9.17, 15) is 0 Å². The highest BCUT2D eigenvalue weighted by atomic mass is 16.3. The molecule has 3 aliphatic rings. The van der Waals surface area contributed by atoms with E-state index in [0.717, 1.165) is 39.0 Å². The highest BCUT2D eigenvalue weighted by Gasteiger charge is 2.54. The average Bonchev–Trinajstić information content (AvgIpc) is 4.07. The van der Waals surface area contributed by atoms with E-state index < -0.39 is 5.41 Å². The minimum atomic E-state index is -0.530. The number of nitrogens with zero attached hydrogens (tertiary/aromatic N) is 1. The predicted molar refractivity (Wildman–Crippen MR) is 273 cm³/mol. The van der Waals surface area contributed by atoms with Crippen LogP contribution in [0.15, 0.2) is 229 Å². The van der Waals surface area contributed by atoms with Gasteiger partial charge in [0.1, 0.15) is 5.58 Å². The first kappa shape index (κ1) is 37.2. The van der Waals surface area contributed by atoms with Crippen molar-refractivity contribution in [1.29, 1.82) is 0 Å². The van der Waals surface area contributed by atoms with E-state index in [1.807, 2.05) is 0 Å². The molecule has 2 nitrogen and oxygen atoms in total. The lowest BCUT2D eigenvalue weighted by molar-refractivity contribution is 0.660. The van der Waals surface area contributed by atoms with E-state index in [2.05, 4.69) is 243 Å². The van der Waals surface area contributed by atoms with Crippen molar-refractivity contribution in [1.82, 2.24) is 0 Å². The Morgan fingerprint density at radius 3 is 1.61 bits per heavy atom. The Labute approximate surface area is 384 Å². The molecule has 310 valence electrons. The molecule has 1 heterocycles. The summed E-state index contributed by atoms with van der Waals surface area (Å²) in [6.07, 6.45) is 0. The Bertz CT molecular complexity index is 3780. The number of para-hydroxylation sites is 2. The molecule has 0 radical (unpaired) electrons. The van der Waals surface area contributed by atoms with Crippen molar-refractivity contribution in [3.8, 4) is 55.6 Å². The van der Waals surface area contributed by atoms with Gasteiger partial charge in [-0.1, -0.05) is 202 Å². The normalized spacial score (nSPS) is 15.6. The molecule has 0 saturated carbocycles. The zero-order chi connectivity index (χ0) is 43.7. The molecule has 11 aromatic rings. The fourth-order valence-electron chi connectivity index (χ4n) is 12.2. The highest BCUT2D eigenvalue weighted by molar-refractivity contribution is 6.11. The molecule has 0 fully saturated rings. The van der Waals surface area contributed by atoms with Gasteiger partial charge in [-0.15, -0.1) is 0 Å². The van der Waals surface area contributed by atoms with Crippen molar-refractivity contribution < 1.29 is 4.42 Å². The molecule has 0 amide bonds. The summed E-state index contributed by atoms with van der Waals surface area (Å²) >= 11 is 0. The van der Waals surface area contributed by atoms with Crippen LogP contribution in [0, 0.1) is 0 Å². The smallest absolute Gasteiger partial charge is 0.159 e. The number of benzene rings is 10. The van der Waals surface area contributed by atoms with Gasteiger partial charge in [-0.25, -0.2) is 0 Å². The van der Waals surface area contributed by atoms with Crippen LogP contribution in [0.1, 0.15) is 47.2 Å². The van der Waals surface area contributed by atoms with Crippen molar-refractivity contribution in [2.24, 2.45) is 0 Å². The number of rotatable bonds is 5. The zero-order valence-corrected chi connectivity index (χ0v) is 36.7. The summed E-state index contributed by atoms with van der Waals surface area (Å²) in [6, 6.07) is 83.0. The molecule has 1 aromatic heterocycles. The largest absolute Gasteiger partial charge is 0.454 e. The molecule has 3 aliphatic carbocycles. The third-order valence-corrected chi connectivity index (χ3v) is 15.1. The third-order valence-electron chi connectivity index (χ3n) is 15.1. The number of furan rings is 1. The molecule has 10 aromatic carbocycles. The molecule has 0 bridgehead atoms. The first-order valence-electron chi connectivity index (χ1n) is 23.1. The second kappa shape index (κ2) is 13.7. The van der Waals surface area contributed by atoms with Crippen LogP contribution < -0.4 is 4.90 Å². The average molecular weight is 842 g/mol. The number of hydrogen-bond acceptors (Lipinski definition) is 2. The van der Waals surface area contributed by atoms with E-state index in [0.29, 0.717) is 0 Å². The van der Waals surface area contributed by atoms with Crippen LogP contribution in [-0.2, 0) is 10.8 Å². The van der Waals surface area contributed by atoms with Gasteiger partial charge >= 0.3 is 0 Å². The van der Waals surface area contributed by atoms with Crippen molar-refractivity contribution in [3.63, 3.8) is 0 Å². The Kier molecular flexibility index (Phi) is 7.70. The Morgan fingerprint density at radius 1 is 0.348 bits per heavy atom. The molecule has 1 spiro atoms. The number of fused-ring (bicyclic) bond motifs is 17. The maximum Gasteiger partial charge on any atom is 0.159 e. The molecule has 2 heteroatoms. The van der Waals surface area contributed by atoms with E-state index >= 15 is 0 Å². The summed E-state index contributed by atoms with van der Waals surface area (Å²) < 4.78 is 6.82. The van der Waals surface area contributed by atoms with Gasteiger partial charge in [0.05, 0.1) is 11.1 Å². The predicted octanol–water partition coefficient (Wildman–Crippen LogP) is 17.0. The second-order valence-electron chi connectivity index (χ2n) is 18.7. The summed E-state index contributed by atoms with van der Waals surface area (Å²) in [5.74, 6) is 0. The van der Waals surface area contributed by atoms with Crippen LogP contribution in [0.5, 0.6) is 0 Å². The lowest BCUT2D eigenvalue weighted by Crippen LogP contribution is -2.26. The maximum atomic E-state index is 6.82. The molecular weight excluding hydrogens is 799 g/mol. The zero-order valence-electron chi connectivity index (χ0n) is 36.7. The summed E-state index contributed by atoms with van der Waals surface area (Å²) in [6.45, 7) is 4.77. The fraction of sp³-hybridized carbons (Fsp3) is 0.0625. The second-order valence-corrected chi connectivity index (χ2v) is 18.7. The molecule has 1 unspecified atom stereocenters. The first-order valence-corrected chi connectivity index (χ1v) is 23.1. The third kappa shape index (κ3) is 4.96. The van der Waals surface area contributed by atoms with E-state index in [1.54, 1.807) is 0 Å². The monoisotopic (exact) mass is 841 g/mol. The molecule has 0 saturated heterocycles. The minimum Gasteiger partial charge on any atom is -0.454 e. The summed E-state index contributed by atoms with van der Waals surface area (Å²) in [5.41, 5.74) is 25.1. The Balaban J connectivity index is 0.994. The first-order chi connectivity index (χ1) is 32.5. The number of hydrogen-bond donors (Lipinski definition) is 0. The topological polar surface area (TPSA) is 16.4 Å².